The first kappa shape index (κ1) is 29.0. The Kier molecular flexibility index (Phi) is 7.52. The first-order valence-corrected chi connectivity index (χ1v) is 15.1. The van der Waals surface area contributed by atoms with Crippen LogP contribution in [-0.2, 0) is 4.79 Å². The van der Waals surface area contributed by atoms with Gasteiger partial charge in [-0.1, -0.05) is 30.2 Å². The number of amides is 1. The molecule has 0 radical (unpaired) electrons. The standard InChI is InChI=1S/C32H28ClF2N7O3/c1-17-3-2-4-21(24-13-19(11-12-36-24)29-25(38-30(17)43)15-37-42(29)32(34)35)22-8-10-28(45-31(22)44)23-14-20(33)7-9-27(23)41-16-26(39-40-41)18-5-6-18/h7-18,21,32H,2-6H2,1H3,(H,38,43). The maximum Gasteiger partial charge on any atom is 0.340 e. The van der Waals surface area contributed by atoms with Gasteiger partial charge in [-0.05, 0) is 68.1 Å². The van der Waals surface area contributed by atoms with Crippen LogP contribution in [0.25, 0.3) is 28.3 Å². The topological polar surface area (TPSA) is 121 Å². The molecule has 1 aliphatic carbocycles. The van der Waals surface area contributed by atoms with Gasteiger partial charge in [0.15, 0.2) is 0 Å². The molecule has 45 heavy (non-hydrogen) atoms. The van der Waals surface area contributed by atoms with Crippen molar-refractivity contribution in [3.63, 3.8) is 0 Å². The highest BCUT2D eigenvalue weighted by atomic mass is 35.5. The second-order valence-corrected chi connectivity index (χ2v) is 12.0. The molecule has 1 aliphatic heterocycles. The fourth-order valence-electron chi connectivity index (χ4n) is 5.85. The van der Waals surface area contributed by atoms with Crippen LogP contribution in [-0.4, -0.2) is 35.7 Å². The number of rotatable bonds is 5. The lowest BCUT2D eigenvalue weighted by atomic mass is 9.88. The Balaban J connectivity index is 1.30. The Morgan fingerprint density at radius 3 is 2.67 bits per heavy atom. The number of aromatic nitrogens is 6. The van der Waals surface area contributed by atoms with E-state index in [2.05, 4.69) is 25.7 Å². The summed E-state index contributed by atoms with van der Waals surface area (Å²) in [6, 6.07) is 11.9. The molecule has 5 heterocycles. The van der Waals surface area contributed by atoms with Gasteiger partial charge in [0.1, 0.15) is 5.76 Å². The summed E-state index contributed by atoms with van der Waals surface area (Å²) in [5.41, 5.74) is 3.08. The van der Waals surface area contributed by atoms with Crippen molar-refractivity contribution in [2.45, 2.75) is 57.4 Å². The summed E-state index contributed by atoms with van der Waals surface area (Å²) in [6.45, 7) is -1.16. The third-order valence-electron chi connectivity index (χ3n) is 8.43. The van der Waals surface area contributed by atoms with E-state index in [9.17, 15) is 18.4 Å². The van der Waals surface area contributed by atoms with Crippen molar-refractivity contribution in [3.8, 4) is 28.3 Å². The molecule has 1 aromatic carbocycles. The van der Waals surface area contributed by atoms with E-state index in [1.54, 1.807) is 54.1 Å². The van der Waals surface area contributed by atoms with Gasteiger partial charge >= 0.3 is 12.2 Å². The summed E-state index contributed by atoms with van der Waals surface area (Å²) in [6.07, 6.45) is 8.37. The zero-order valence-electron chi connectivity index (χ0n) is 24.2. The van der Waals surface area contributed by atoms with Gasteiger partial charge in [0, 0.05) is 51.4 Å². The molecular formula is C32H28ClF2N7O3. The van der Waals surface area contributed by atoms with E-state index in [0.717, 1.165) is 18.5 Å². The van der Waals surface area contributed by atoms with Crippen LogP contribution in [0.15, 0.2) is 70.3 Å². The summed E-state index contributed by atoms with van der Waals surface area (Å²) >= 11 is 6.36. The van der Waals surface area contributed by atoms with E-state index in [4.69, 9.17) is 16.0 Å². The molecule has 1 saturated carbocycles. The minimum atomic E-state index is -2.93. The molecule has 0 saturated heterocycles. The van der Waals surface area contributed by atoms with E-state index in [0.29, 0.717) is 68.7 Å². The molecule has 0 spiro atoms. The third-order valence-corrected chi connectivity index (χ3v) is 8.67. The number of halogens is 3. The van der Waals surface area contributed by atoms with Crippen LogP contribution in [0.2, 0.25) is 5.02 Å². The molecule has 10 nitrogen and oxygen atoms in total. The Hall–Kier alpha value is -4.71. The summed E-state index contributed by atoms with van der Waals surface area (Å²) in [4.78, 5) is 31.2. The van der Waals surface area contributed by atoms with E-state index in [1.165, 1.54) is 12.4 Å². The lowest BCUT2D eigenvalue weighted by molar-refractivity contribution is -0.119. The van der Waals surface area contributed by atoms with Gasteiger partial charge in [-0.3, -0.25) is 9.78 Å². The first-order chi connectivity index (χ1) is 21.8. The minimum absolute atomic E-state index is 0.0577. The Bertz CT molecular complexity index is 1970. The number of fused-ring (bicyclic) bond motifs is 4. The highest BCUT2D eigenvalue weighted by Gasteiger charge is 2.29. The zero-order chi connectivity index (χ0) is 31.2. The van der Waals surface area contributed by atoms with Crippen LogP contribution in [0.5, 0.6) is 0 Å². The minimum Gasteiger partial charge on any atom is -0.422 e. The normalized spacial score (nSPS) is 18.6. The Labute approximate surface area is 261 Å². The lowest BCUT2D eigenvalue weighted by Crippen LogP contribution is -2.22. The first-order valence-electron chi connectivity index (χ1n) is 14.8. The number of alkyl halides is 2. The molecule has 1 N–H and O–H groups in total. The quantitative estimate of drug-likeness (QED) is 0.222. The van der Waals surface area contributed by atoms with Crippen molar-refractivity contribution in [1.29, 1.82) is 0 Å². The molecule has 230 valence electrons. The molecule has 2 aliphatic rings. The zero-order valence-corrected chi connectivity index (χ0v) is 24.9. The largest absolute Gasteiger partial charge is 0.422 e. The summed E-state index contributed by atoms with van der Waals surface area (Å²) in [5, 5.41) is 15.6. The van der Waals surface area contributed by atoms with Crippen molar-refractivity contribution >= 4 is 23.2 Å². The number of nitrogens with one attached hydrogen (secondary N) is 1. The van der Waals surface area contributed by atoms with Crippen LogP contribution >= 0.6 is 11.6 Å². The fourth-order valence-corrected chi connectivity index (χ4v) is 6.02. The highest BCUT2D eigenvalue weighted by molar-refractivity contribution is 6.31. The van der Waals surface area contributed by atoms with Gasteiger partial charge < -0.3 is 9.73 Å². The average Bonchev–Trinajstić information content (AvgIpc) is 3.60. The van der Waals surface area contributed by atoms with Crippen LogP contribution in [0.4, 0.5) is 14.5 Å². The van der Waals surface area contributed by atoms with Crippen molar-refractivity contribution in [2.75, 3.05) is 5.32 Å². The average molecular weight is 632 g/mol. The van der Waals surface area contributed by atoms with Crippen molar-refractivity contribution in [1.82, 2.24) is 29.8 Å². The van der Waals surface area contributed by atoms with Gasteiger partial charge in [-0.25, -0.2) is 14.2 Å². The van der Waals surface area contributed by atoms with Crippen LogP contribution in [0.1, 0.15) is 74.4 Å². The number of hydrogen-bond acceptors (Lipinski definition) is 7. The van der Waals surface area contributed by atoms with Crippen LogP contribution in [0, 0.1) is 5.92 Å². The van der Waals surface area contributed by atoms with Crippen molar-refractivity contribution in [2.24, 2.45) is 5.92 Å². The number of pyridine rings is 1. The van der Waals surface area contributed by atoms with Crippen molar-refractivity contribution < 1.29 is 18.0 Å². The Morgan fingerprint density at radius 2 is 1.89 bits per heavy atom. The number of anilines is 1. The Morgan fingerprint density at radius 1 is 1.04 bits per heavy atom. The molecule has 2 unspecified atom stereocenters. The molecule has 4 aromatic heterocycles. The molecule has 1 fully saturated rings. The maximum absolute atomic E-state index is 14.0. The molecule has 2 atom stereocenters. The van der Waals surface area contributed by atoms with Crippen LogP contribution < -0.4 is 10.9 Å². The second kappa shape index (κ2) is 11.7. The van der Waals surface area contributed by atoms with Crippen molar-refractivity contribution in [3.05, 3.63) is 93.4 Å². The van der Waals surface area contributed by atoms with Gasteiger partial charge in [-0.2, -0.15) is 13.9 Å². The SMILES string of the molecule is CC1CCCC(c2ccc(-c3cc(Cl)ccc3-n3cc(C4CC4)nn3)oc2=O)c2cc(ccn2)-c2c(cnn2C(F)F)NC1=O. The molecule has 2 bridgehead atoms. The van der Waals surface area contributed by atoms with Crippen LogP contribution in [0.3, 0.4) is 0 Å². The smallest absolute Gasteiger partial charge is 0.340 e. The number of benzene rings is 1. The molecular weight excluding hydrogens is 604 g/mol. The fraction of sp³-hybridized carbons (Fsp3) is 0.312. The van der Waals surface area contributed by atoms with Gasteiger partial charge in [0.25, 0.3) is 0 Å². The predicted molar refractivity (Wildman–Crippen MR) is 163 cm³/mol. The predicted octanol–water partition coefficient (Wildman–Crippen LogP) is 6.96. The third kappa shape index (κ3) is 5.66. The van der Waals surface area contributed by atoms with E-state index in [1.807, 2.05) is 6.20 Å². The molecule has 5 aromatic rings. The summed E-state index contributed by atoms with van der Waals surface area (Å²) < 4.78 is 36.1. The molecule has 1 amide bonds. The highest BCUT2D eigenvalue weighted by Crippen LogP contribution is 2.40. The summed E-state index contributed by atoms with van der Waals surface area (Å²) in [7, 11) is 0. The number of carbonyl (C=O) groups is 1. The van der Waals surface area contributed by atoms with E-state index in [-0.39, 0.29) is 17.3 Å². The second-order valence-electron chi connectivity index (χ2n) is 11.5. The monoisotopic (exact) mass is 631 g/mol. The number of carbonyl (C=O) groups excluding carboxylic acids is 1. The summed E-state index contributed by atoms with van der Waals surface area (Å²) in [5.74, 6) is -0.503. The van der Waals surface area contributed by atoms with E-state index < -0.39 is 24.0 Å². The van der Waals surface area contributed by atoms with E-state index >= 15 is 0 Å². The van der Waals surface area contributed by atoms with Gasteiger partial charge in [0.2, 0.25) is 5.91 Å². The number of hydrogen-bond donors (Lipinski definition) is 1. The number of nitrogens with zero attached hydrogens (tertiary/aromatic N) is 6. The molecule has 7 rings (SSSR count). The maximum atomic E-state index is 14.0. The lowest BCUT2D eigenvalue weighted by Gasteiger charge is -2.20. The molecule has 13 heteroatoms. The van der Waals surface area contributed by atoms with Gasteiger partial charge in [0.05, 0.1) is 35.2 Å². The van der Waals surface area contributed by atoms with Gasteiger partial charge in [-0.15, -0.1) is 5.10 Å².